The van der Waals surface area contributed by atoms with Crippen LogP contribution in [0, 0.1) is 0 Å². The van der Waals surface area contributed by atoms with Gasteiger partial charge in [-0.25, -0.2) is 0 Å². The number of amides is 1. The third-order valence-corrected chi connectivity index (χ3v) is 4.06. The molecule has 4 rings (SSSR count). The number of carbonyl (C=O) groups is 1. The number of ether oxygens (including phenoxy) is 1. The molecule has 1 aliphatic heterocycles. The summed E-state index contributed by atoms with van der Waals surface area (Å²) in [7, 11) is 0. The number of benzene rings is 2. The van der Waals surface area contributed by atoms with E-state index in [1.807, 2.05) is 54.6 Å². The Balaban J connectivity index is 1.46. The summed E-state index contributed by atoms with van der Waals surface area (Å²) in [6.45, 7) is 1.03. The minimum absolute atomic E-state index is 0.190. The molecule has 0 atom stereocenters. The van der Waals surface area contributed by atoms with Gasteiger partial charge in [0.05, 0.1) is 6.07 Å². The zero-order valence-electron chi connectivity index (χ0n) is 13.0. The fraction of sp³-hybridized carbons (Fsp3) is 0.158. The first-order valence-electron chi connectivity index (χ1n) is 7.84. The molecule has 0 fully saturated rings. The average Bonchev–Trinajstić information content (AvgIpc) is 3.27. The Morgan fingerprint density at radius 2 is 1.92 bits per heavy atom. The van der Waals surface area contributed by atoms with E-state index in [-0.39, 0.29) is 11.7 Å². The van der Waals surface area contributed by atoms with E-state index in [1.54, 1.807) is 11.0 Å². The van der Waals surface area contributed by atoms with Gasteiger partial charge >= 0.3 is 0 Å². The Morgan fingerprint density at radius 1 is 1.12 bits per heavy atom. The fourth-order valence-corrected chi connectivity index (χ4v) is 2.84. The van der Waals surface area contributed by atoms with Gasteiger partial charge in [-0.3, -0.25) is 4.79 Å². The van der Waals surface area contributed by atoms with E-state index >= 15 is 0 Å². The standard InChI is InChI=1S/C19H16N2O3/c22-19(21-11-10-15-8-4-5-9-16(15)21)17-12-18(20-24-17)23-13-14-6-2-1-3-7-14/h1-9,12H,10-11,13H2. The average molecular weight is 320 g/mol. The van der Waals surface area contributed by atoms with Gasteiger partial charge in [0.15, 0.2) is 0 Å². The molecule has 0 saturated carbocycles. The van der Waals surface area contributed by atoms with Gasteiger partial charge in [0.25, 0.3) is 11.8 Å². The summed E-state index contributed by atoms with van der Waals surface area (Å²) in [5, 5.41) is 3.83. The first-order chi connectivity index (χ1) is 11.8. The molecule has 2 aromatic carbocycles. The maximum absolute atomic E-state index is 12.6. The van der Waals surface area contributed by atoms with Crippen LogP contribution in [0.3, 0.4) is 0 Å². The van der Waals surface area contributed by atoms with Gasteiger partial charge in [-0.15, -0.1) is 0 Å². The number of anilines is 1. The molecule has 0 unspecified atom stereocenters. The molecule has 0 spiro atoms. The number of para-hydroxylation sites is 1. The fourth-order valence-electron chi connectivity index (χ4n) is 2.84. The minimum Gasteiger partial charge on any atom is -0.471 e. The number of nitrogens with zero attached hydrogens (tertiary/aromatic N) is 2. The summed E-state index contributed by atoms with van der Waals surface area (Å²) in [5.41, 5.74) is 3.14. The number of fused-ring (bicyclic) bond motifs is 1. The molecule has 0 aliphatic carbocycles. The van der Waals surface area contributed by atoms with Gasteiger partial charge < -0.3 is 14.2 Å². The molecule has 0 N–H and O–H groups in total. The largest absolute Gasteiger partial charge is 0.471 e. The van der Waals surface area contributed by atoms with Crippen LogP contribution < -0.4 is 9.64 Å². The van der Waals surface area contributed by atoms with Crippen LogP contribution in [0.1, 0.15) is 21.7 Å². The zero-order chi connectivity index (χ0) is 16.4. The van der Waals surface area contributed by atoms with Gasteiger partial charge in [0.1, 0.15) is 6.61 Å². The van der Waals surface area contributed by atoms with Crippen molar-refractivity contribution >= 4 is 11.6 Å². The second-order valence-corrected chi connectivity index (χ2v) is 5.64. The van der Waals surface area contributed by atoms with Crippen LogP contribution in [0.4, 0.5) is 5.69 Å². The van der Waals surface area contributed by atoms with E-state index in [0.29, 0.717) is 19.0 Å². The molecule has 1 amide bonds. The van der Waals surface area contributed by atoms with Crippen LogP contribution in [0.2, 0.25) is 0 Å². The van der Waals surface area contributed by atoms with Gasteiger partial charge in [-0.05, 0) is 28.8 Å². The third-order valence-electron chi connectivity index (χ3n) is 4.06. The Morgan fingerprint density at radius 3 is 2.79 bits per heavy atom. The van der Waals surface area contributed by atoms with Gasteiger partial charge in [0, 0.05) is 12.2 Å². The molecule has 3 aromatic rings. The molecule has 1 aromatic heterocycles. The topological polar surface area (TPSA) is 55.6 Å². The third kappa shape index (κ3) is 2.76. The van der Waals surface area contributed by atoms with Crippen molar-refractivity contribution in [3.8, 4) is 5.88 Å². The first-order valence-corrected chi connectivity index (χ1v) is 7.84. The summed E-state index contributed by atoms with van der Waals surface area (Å²) in [6.07, 6.45) is 0.855. The lowest BCUT2D eigenvalue weighted by Gasteiger charge is -2.14. The molecular weight excluding hydrogens is 304 g/mol. The lowest BCUT2D eigenvalue weighted by atomic mass is 10.2. The lowest BCUT2D eigenvalue weighted by molar-refractivity contribution is 0.0953. The molecule has 120 valence electrons. The zero-order valence-corrected chi connectivity index (χ0v) is 13.0. The van der Waals surface area contributed by atoms with Crippen molar-refractivity contribution < 1.29 is 14.1 Å². The molecule has 5 heteroatoms. The Bertz CT molecular complexity index is 858. The first kappa shape index (κ1) is 14.5. The molecule has 1 aliphatic rings. The van der Waals surface area contributed by atoms with Crippen LogP contribution >= 0.6 is 0 Å². The van der Waals surface area contributed by atoms with E-state index < -0.39 is 0 Å². The highest BCUT2D eigenvalue weighted by Crippen LogP contribution is 2.29. The molecular formula is C19H16N2O3. The van der Waals surface area contributed by atoms with Crippen LogP contribution in [0.15, 0.2) is 65.2 Å². The summed E-state index contributed by atoms with van der Waals surface area (Å²) in [6, 6.07) is 19.2. The highest BCUT2D eigenvalue weighted by molar-refractivity contribution is 6.05. The second kappa shape index (κ2) is 6.20. The van der Waals surface area contributed by atoms with Crippen LogP contribution in [-0.4, -0.2) is 17.6 Å². The normalized spacial score (nSPS) is 12.9. The van der Waals surface area contributed by atoms with Gasteiger partial charge in [0.2, 0.25) is 5.76 Å². The number of hydrogen-bond donors (Lipinski definition) is 0. The highest BCUT2D eigenvalue weighted by Gasteiger charge is 2.28. The predicted molar refractivity (Wildman–Crippen MR) is 89.1 cm³/mol. The van der Waals surface area contributed by atoms with Crippen LogP contribution in [-0.2, 0) is 13.0 Å². The van der Waals surface area contributed by atoms with E-state index in [0.717, 1.165) is 17.7 Å². The Hall–Kier alpha value is -3.08. The molecule has 0 radical (unpaired) electrons. The second-order valence-electron chi connectivity index (χ2n) is 5.64. The number of aromatic nitrogens is 1. The maximum Gasteiger partial charge on any atom is 0.297 e. The van der Waals surface area contributed by atoms with E-state index in [1.165, 1.54) is 5.56 Å². The molecule has 0 bridgehead atoms. The van der Waals surface area contributed by atoms with Crippen LogP contribution in [0.5, 0.6) is 5.88 Å². The van der Waals surface area contributed by atoms with Crippen molar-refractivity contribution in [2.24, 2.45) is 0 Å². The van der Waals surface area contributed by atoms with E-state index in [2.05, 4.69) is 5.16 Å². The predicted octanol–water partition coefficient (Wildman–Crippen LogP) is 3.46. The maximum atomic E-state index is 12.6. The van der Waals surface area contributed by atoms with E-state index in [9.17, 15) is 4.79 Å². The van der Waals surface area contributed by atoms with Crippen molar-refractivity contribution in [1.29, 1.82) is 0 Å². The summed E-state index contributed by atoms with van der Waals surface area (Å²) < 4.78 is 10.8. The quantitative estimate of drug-likeness (QED) is 0.739. The molecule has 5 nitrogen and oxygen atoms in total. The lowest BCUT2D eigenvalue weighted by Crippen LogP contribution is -2.28. The van der Waals surface area contributed by atoms with Crippen molar-refractivity contribution in [2.45, 2.75) is 13.0 Å². The molecule has 0 saturated heterocycles. The summed E-state index contributed by atoms with van der Waals surface area (Å²) in [5.74, 6) is 0.312. The van der Waals surface area contributed by atoms with Gasteiger partial charge in [-0.1, -0.05) is 48.5 Å². The smallest absolute Gasteiger partial charge is 0.297 e. The van der Waals surface area contributed by atoms with Gasteiger partial charge in [-0.2, -0.15) is 0 Å². The molecule has 24 heavy (non-hydrogen) atoms. The van der Waals surface area contributed by atoms with Crippen molar-refractivity contribution in [1.82, 2.24) is 5.16 Å². The van der Waals surface area contributed by atoms with Crippen molar-refractivity contribution in [3.05, 3.63) is 77.6 Å². The van der Waals surface area contributed by atoms with Crippen molar-refractivity contribution in [3.63, 3.8) is 0 Å². The minimum atomic E-state index is -0.193. The summed E-state index contributed by atoms with van der Waals surface area (Å²) >= 11 is 0. The highest BCUT2D eigenvalue weighted by atomic mass is 16.5. The number of rotatable bonds is 4. The molecule has 2 heterocycles. The SMILES string of the molecule is O=C(c1cc(OCc2ccccc2)no1)N1CCc2ccccc21. The summed E-state index contributed by atoms with van der Waals surface area (Å²) in [4.78, 5) is 14.4. The monoisotopic (exact) mass is 320 g/mol. The van der Waals surface area contributed by atoms with Crippen molar-refractivity contribution in [2.75, 3.05) is 11.4 Å². The Labute approximate surface area is 139 Å². The number of hydrogen-bond acceptors (Lipinski definition) is 4. The van der Waals surface area contributed by atoms with Crippen LogP contribution in [0.25, 0.3) is 0 Å². The Kier molecular flexibility index (Phi) is 3.75. The van der Waals surface area contributed by atoms with E-state index in [4.69, 9.17) is 9.26 Å². The number of carbonyl (C=O) groups excluding carboxylic acids is 1.